The van der Waals surface area contributed by atoms with Crippen molar-refractivity contribution in [2.24, 2.45) is 0 Å². The van der Waals surface area contributed by atoms with Crippen molar-refractivity contribution >= 4 is 0 Å². The lowest BCUT2D eigenvalue weighted by Gasteiger charge is -2.30. The highest BCUT2D eigenvalue weighted by Gasteiger charge is 2.15. The van der Waals surface area contributed by atoms with Crippen LogP contribution in [0.25, 0.3) is 0 Å². The highest BCUT2D eigenvalue weighted by Crippen LogP contribution is 2.12. The zero-order valence-electron chi connectivity index (χ0n) is 11.9. The molecule has 0 radical (unpaired) electrons. The van der Waals surface area contributed by atoms with E-state index in [4.69, 9.17) is 9.47 Å². The number of rotatable bonds is 6. The minimum atomic E-state index is 0.342. The average molecular weight is 264 g/mol. The first-order valence-electron chi connectivity index (χ1n) is 6.98. The van der Waals surface area contributed by atoms with Gasteiger partial charge in [-0.2, -0.15) is 0 Å². The second-order valence-electron chi connectivity index (χ2n) is 5.00. The maximum absolute atomic E-state index is 5.77. The van der Waals surface area contributed by atoms with E-state index in [0.29, 0.717) is 6.10 Å². The third kappa shape index (κ3) is 4.82. The number of ether oxygens (including phenoxy) is 2. The lowest BCUT2D eigenvalue weighted by Crippen LogP contribution is -2.42. The van der Waals surface area contributed by atoms with Crippen LogP contribution in [0.15, 0.2) is 24.3 Å². The third-order valence-corrected chi connectivity index (χ3v) is 3.31. The van der Waals surface area contributed by atoms with Gasteiger partial charge in [0, 0.05) is 26.2 Å². The average Bonchev–Trinajstić information content (AvgIpc) is 2.41. The second kappa shape index (κ2) is 7.48. The molecule has 1 aliphatic rings. The molecule has 0 bridgehead atoms. The highest BCUT2D eigenvalue weighted by atomic mass is 16.5. The summed E-state index contributed by atoms with van der Waals surface area (Å²) < 4.78 is 11.3. The zero-order valence-corrected chi connectivity index (χ0v) is 11.9. The molecule has 4 nitrogen and oxygen atoms in total. The van der Waals surface area contributed by atoms with Crippen LogP contribution in [0.5, 0.6) is 5.75 Å². The summed E-state index contributed by atoms with van der Waals surface area (Å²) in [5.41, 5.74) is 1.27. The van der Waals surface area contributed by atoms with Crippen LogP contribution in [-0.2, 0) is 11.3 Å². The molecule has 0 saturated carbocycles. The van der Waals surface area contributed by atoms with Crippen molar-refractivity contribution in [3.63, 3.8) is 0 Å². The molecular formula is C15H24N2O2. The Hall–Kier alpha value is -1.10. The van der Waals surface area contributed by atoms with E-state index in [1.807, 2.05) is 19.2 Å². The molecule has 1 unspecified atom stereocenters. The third-order valence-electron chi connectivity index (χ3n) is 3.31. The van der Waals surface area contributed by atoms with E-state index in [1.54, 1.807) is 0 Å². The molecule has 1 saturated heterocycles. The molecule has 1 atom stereocenters. The minimum absolute atomic E-state index is 0.342. The molecular weight excluding hydrogens is 240 g/mol. The van der Waals surface area contributed by atoms with Gasteiger partial charge in [-0.15, -0.1) is 0 Å². The fourth-order valence-electron chi connectivity index (χ4n) is 2.29. The van der Waals surface area contributed by atoms with Crippen molar-refractivity contribution < 1.29 is 9.47 Å². The number of morpholine rings is 1. The van der Waals surface area contributed by atoms with Crippen molar-refractivity contribution in [1.82, 2.24) is 10.2 Å². The van der Waals surface area contributed by atoms with Gasteiger partial charge in [0.25, 0.3) is 0 Å². The summed E-state index contributed by atoms with van der Waals surface area (Å²) in [5.74, 6) is 0.946. The Balaban J connectivity index is 1.70. The molecule has 1 fully saturated rings. The first kappa shape index (κ1) is 14.3. The number of hydrogen-bond donors (Lipinski definition) is 1. The van der Waals surface area contributed by atoms with Gasteiger partial charge < -0.3 is 14.8 Å². The summed E-state index contributed by atoms with van der Waals surface area (Å²) in [6, 6.07) is 8.27. The van der Waals surface area contributed by atoms with Crippen molar-refractivity contribution in [1.29, 1.82) is 0 Å². The Morgan fingerprint density at radius 2 is 2.16 bits per heavy atom. The van der Waals surface area contributed by atoms with E-state index in [1.165, 1.54) is 5.56 Å². The van der Waals surface area contributed by atoms with Gasteiger partial charge in [-0.25, -0.2) is 0 Å². The molecule has 0 aromatic heterocycles. The quantitative estimate of drug-likeness (QED) is 0.844. The van der Waals surface area contributed by atoms with Crippen LogP contribution in [0.1, 0.15) is 12.5 Å². The second-order valence-corrected chi connectivity index (χ2v) is 5.00. The van der Waals surface area contributed by atoms with Crippen LogP contribution in [0.2, 0.25) is 0 Å². The predicted octanol–water partition coefficient (Wildman–Crippen LogP) is 1.51. The Labute approximate surface area is 115 Å². The Kier molecular flexibility index (Phi) is 5.63. The van der Waals surface area contributed by atoms with E-state index in [2.05, 4.69) is 29.3 Å². The fourth-order valence-corrected chi connectivity index (χ4v) is 2.29. The normalized spacial score (nSPS) is 20.4. The largest absolute Gasteiger partial charge is 0.492 e. The molecule has 4 heteroatoms. The number of nitrogens with zero attached hydrogens (tertiary/aromatic N) is 1. The number of nitrogens with one attached hydrogen (secondary N) is 1. The summed E-state index contributed by atoms with van der Waals surface area (Å²) in [7, 11) is 1.95. The summed E-state index contributed by atoms with van der Waals surface area (Å²) in [6.07, 6.45) is 0.342. The molecule has 1 aromatic rings. The van der Waals surface area contributed by atoms with Crippen LogP contribution in [0, 0.1) is 0 Å². The molecule has 0 aliphatic carbocycles. The summed E-state index contributed by atoms with van der Waals surface area (Å²) >= 11 is 0. The number of benzene rings is 1. The predicted molar refractivity (Wildman–Crippen MR) is 76.6 cm³/mol. The maximum Gasteiger partial charge on any atom is 0.119 e. The molecule has 0 spiro atoms. The molecule has 106 valence electrons. The van der Waals surface area contributed by atoms with Crippen molar-refractivity contribution in [2.75, 3.05) is 39.9 Å². The van der Waals surface area contributed by atoms with Gasteiger partial charge in [-0.3, -0.25) is 4.90 Å². The Morgan fingerprint density at radius 3 is 2.84 bits per heavy atom. The lowest BCUT2D eigenvalue weighted by atomic mass is 10.2. The van der Waals surface area contributed by atoms with E-state index < -0.39 is 0 Å². The first-order valence-corrected chi connectivity index (χ1v) is 6.98. The van der Waals surface area contributed by atoms with Crippen molar-refractivity contribution in [3.8, 4) is 5.75 Å². The molecule has 0 amide bonds. The van der Waals surface area contributed by atoms with Crippen LogP contribution >= 0.6 is 0 Å². The van der Waals surface area contributed by atoms with Gasteiger partial charge in [-0.1, -0.05) is 12.1 Å². The maximum atomic E-state index is 5.77. The van der Waals surface area contributed by atoms with E-state index in [0.717, 1.165) is 45.1 Å². The van der Waals surface area contributed by atoms with Crippen molar-refractivity contribution in [2.45, 2.75) is 19.6 Å². The van der Waals surface area contributed by atoms with E-state index in [9.17, 15) is 0 Å². The molecule has 1 heterocycles. The molecule has 2 rings (SSSR count). The lowest BCUT2D eigenvalue weighted by molar-refractivity contribution is -0.0214. The minimum Gasteiger partial charge on any atom is -0.492 e. The van der Waals surface area contributed by atoms with Crippen LogP contribution < -0.4 is 10.1 Å². The van der Waals surface area contributed by atoms with Gasteiger partial charge in [0.05, 0.1) is 12.7 Å². The van der Waals surface area contributed by atoms with Gasteiger partial charge in [0.15, 0.2) is 0 Å². The standard InChI is InChI=1S/C15H24N2O2/c1-13-12-17(7-9-18-13)8-10-19-15-5-3-14(4-6-15)11-16-2/h3-6,13,16H,7-12H2,1-2H3. The van der Waals surface area contributed by atoms with Crippen molar-refractivity contribution in [3.05, 3.63) is 29.8 Å². The number of hydrogen-bond acceptors (Lipinski definition) is 4. The molecule has 1 aromatic carbocycles. The van der Waals surface area contributed by atoms with Gasteiger partial charge >= 0.3 is 0 Å². The smallest absolute Gasteiger partial charge is 0.119 e. The van der Waals surface area contributed by atoms with E-state index >= 15 is 0 Å². The zero-order chi connectivity index (χ0) is 13.5. The first-order chi connectivity index (χ1) is 9.28. The summed E-state index contributed by atoms with van der Waals surface area (Å²) in [4.78, 5) is 2.39. The fraction of sp³-hybridized carbons (Fsp3) is 0.600. The SMILES string of the molecule is CNCc1ccc(OCCN2CCOC(C)C2)cc1. The molecule has 1 N–H and O–H groups in total. The van der Waals surface area contributed by atoms with Gasteiger partial charge in [0.2, 0.25) is 0 Å². The van der Waals surface area contributed by atoms with Crippen LogP contribution in [0.4, 0.5) is 0 Å². The van der Waals surface area contributed by atoms with Gasteiger partial charge in [0.1, 0.15) is 12.4 Å². The monoisotopic (exact) mass is 264 g/mol. The molecule has 19 heavy (non-hydrogen) atoms. The Bertz CT molecular complexity index is 367. The Morgan fingerprint density at radius 1 is 1.37 bits per heavy atom. The summed E-state index contributed by atoms with van der Waals surface area (Å²) in [5, 5.41) is 3.13. The van der Waals surface area contributed by atoms with Crippen LogP contribution in [0.3, 0.4) is 0 Å². The van der Waals surface area contributed by atoms with E-state index in [-0.39, 0.29) is 0 Å². The van der Waals surface area contributed by atoms with Gasteiger partial charge in [-0.05, 0) is 31.7 Å². The topological polar surface area (TPSA) is 33.7 Å². The van der Waals surface area contributed by atoms with Crippen LogP contribution in [-0.4, -0.2) is 50.9 Å². The highest BCUT2D eigenvalue weighted by molar-refractivity contribution is 5.27. The summed E-state index contributed by atoms with van der Waals surface area (Å²) in [6.45, 7) is 7.56. The molecule has 1 aliphatic heterocycles.